The number of aliphatic hydroxyl groups excluding tert-OH is 2. The van der Waals surface area contributed by atoms with E-state index in [-0.39, 0.29) is 19.0 Å². The standard InChI is InChI=1S/C14H20F3N3O2/c1-2-4-13(9-21)5-7-20(8-10(13)22)11-3-6-18-12(19-11)14(15,16)17/h3,6,10,21-22H,2,4-5,7-9H2,1H3/t10-,13+/m0/s1. The number of alkyl halides is 3. The highest BCUT2D eigenvalue weighted by Crippen LogP contribution is 2.37. The maximum Gasteiger partial charge on any atom is 0.451 e. The number of rotatable bonds is 4. The summed E-state index contributed by atoms with van der Waals surface area (Å²) in [6.07, 6.45) is -2.34. The van der Waals surface area contributed by atoms with Crippen LogP contribution in [0.4, 0.5) is 19.0 Å². The number of piperidine rings is 1. The highest BCUT2D eigenvalue weighted by molar-refractivity contribution is 5.39. The zero-order valence-corrected chi connectivity index (χ0v) is 12.3. The Balaban J connectivity index is 2.17. The summed E-state index contributed by atoms with van der Waals surface area (Å²) in [7, 11) is 0. The molecule has 1 aromatic rings. The Hall–Kier alpha value is -1.41. The van der Waals surface area contributed by atoms with Gasteiger partial charge in [-0.1, -0.05) is 13.3 Å². The summed E-state index contributed by atoms with van der Waals surface area (Å²) >= 11 is 0. The summed E-state index contributed by atoms with van der Waals surface area (Å²) in [6, 6.07) is 1.40. The van der Waals surface area contributed by atoms with Gasteiger partial charge in [-0.2, -0.15) is 13.2 Å². The van der Waals surface area contributed by atoms with Crippen LogP contribution in [0.1, 0.15) is 32.0 Å². The fourth-order valence-electron chi connectivity index (χ4n) is 2.94. The summed E-state index contributed by atoms with van der Waals surface area (Å²) < 4.78 is 38.0. The molecule has 0 amide bonds. The molecule has 0 aliphatic carbocycles. The molecule has 5 nitrogen and oxygen atoms in total. The molecule has 22 heavy (non-hydrogen) atoms. The zero-order chi connectivity index (χ0) is 16.4. The van der Waals surface area contributed by atoms with Crippen molar-refractivity contribution in [2.75, 3.05) is 24.6 Å². The van der Waals surface area contributed by atoms with E-state index in [0.29, 0.717) is 19.4 Å². The number of anilines is 1. The van der Waals surface area contributed by atoms with Gasteiger partial charge in [0.2, 0.25) is 5.82 Å². The Bertz CT molecular complexity index is 512. The normalized spacial score (nSPS) is 26.3. The van der Waals surface area contributed by atoms with Crippen LogP contribution in [0.25, 0.3) is 0 Å². The number of halogens is 3. The predicted molar refractivity (Wildman–Crippen MR) is 74.3 cm³/mol. The third kappa shape index (κ3) is 3.33. The van der Waals surface area contributed by atoms with Crippen molar-refractivity contribution in [3.05, 3.63) is 18.1 Å². The minimum absolute atomic E-state index is 0.132. The van der Waals surface area contributed by atoms with Gasteiger partial charge in [-0.15, -0.1) is 0 Å². The largest absolute Gasteiger partial charge is 0.451 e. The van der Waals surface area contributed by atoms with E-state index in [4.69, 9.17) is 0 Å². The molecule has 0 unspecified atom stereocenters. The number of aromatic nitrogens is 2. The van der Waals surface area contributed by atoms with Crippen LogP contribution in [-0.2, 0) is 6.18 Å². The first-order chi connectivity index (χ1) is 10.3. The lowest BCUT2D eigenvalue weighted by Crippen LogP contribution is -2.53. The van der Waals surface area contributed by atoms with Crippen molar-refractivity contribution in [1.29, 1.82) is 0 Å². The van der Waals surface area contributed by atoms with Gasteiger partial charge < -0.3 is 15.1 Å². The summed E-state index contributed by atoms with van der Waals surface area (Å²) in [5, 5.41) is 19.9. The minimum atomic E-state index is -4.60. The van der Waals surface area contributed by atoms with Crippen molar-refractivity contribution in [2.24, 2.45) is 5.41 Å². The Labute approximate surface area is 126 Å². The quantitative estimate of drug-likeness (QED) is 0.886. The van der Waals surface area contributed by atoms with Crippen LogP contribution in [0.2, 0.25) is 0 Å². The third-order valence-corrected chi connectivity index (χ3v) is 4.26. The molecule has 8 heteroatoms. The van der Waals surface area contributed by atoms with E-state index in [1.165, 1.54) is 6.07 Å². The fourth-order valence-corrected chi connectivity index (χ4v) is 2.94. The molecule has 0 spiro atoms. The first-order valence-corrected chi connectivity index (χ1v) is 7.26. The van der Waals surface area contributed by atoms with Crippen LogP contribution in [0, 0.1) is 5.41 Å². The second-order valence-corrected chi connectivity index (χ2v) is 5.72. The van der Waals surface area contributed by atoms with Crippen molar-refractivity contribution in [2.45, 2.75) is 38.5 Å². The molecule has 1 saturated heterocycles. The Kier molecular flexibility index (Phi) is 4.91. The molecule has 0 radical (unpaired) electrons. The molecule has 124 valence electrons. The number of nitrogens with zero attached hydrogens (tertiary/aromatic N) is 3. The molecule has 0 aromatic carbocycles. The highest BCUT2D eigenvalue weighted by atomic mass is 19.4. The van der Waals surface area contributed by atoms with Gasteiger partial charge in [0, 0.05) is 24.7 Å². The maximum atomic E-state index is 12.7. The smallest absolute Gasteiger partial charge is 0.396 e. The van der Waals surface area contributed by atoms with E-state index in [1.807, 2.05) is 6.92 Å². The van der Waals surface area contributed by atoms with Crippen LogP contribution in [0.5, 0.6) is 0 Å². The topological polar surface area (TPSA) is 69.5 Å². The van der Waals surface area contributed by atoms with Gasteiger partial charge in [-0.05, 0) is 18.9 Å². The van der Waals surface area contributed by atoms with E-state index in [1.54, 1.807) is 4.90 Å². The third-order valence-electron chi connectivity index (χ3n) is 4.26. The van der Waals surface area contributed by atoms with E-state index in [2.05, 4.69) is 9.97 Å². The molecule has 1 aliphatic rings. The highest BCUT2D eigenvalue weighted by Gasteiger charge is 2.42. The van der Waals surface area contributed by atoms with E-state index < -0.39 is 23.5 Å². The summed E-state index contributed by atoms with van der Waals surface area (Å²) in [6.45, 7) is 2.42. The van der Waals surface area contributed by atoms with Gasteiger partial charge in [0.25, 0.3) is 0 Å². The van der Waals surface area contributed by atoms with Gasteiger partial charge >= 0.3 is 6.18 Å². The lowest BCUT2D eigenvalue weighted by atomic mass is 9.73. The summed E-state index contributed by atoms with van der Waals surface area (Å²) in [5.74, 6) is -1.04. The summed E-state index contributed by atoms with van der Waals surface area (Å²) in [4.78, 5) is 8.37. The zero-order valence-electron chi connectivity index (χ0n) is 12.3. The van der Waals surface area contributed by atoms with Crippen molar-refractivity contribution >= 4 is 5.82 Å². The molecule has 2 rings (SSSR count). The Morgan fingerprint density at radius 3 is 2.73 bits per heavy atom. The van der Waals surface area contributed by atoms with Gasteiger partial charge in [0.1, 0.15) is 5.82 Å². The molecule has 0 saturated carbocycles. The molecule has 2 N–H and O–H groups in total. The number of hydrogen-bond donors (Lipinski definition) is 2. The van der Waals surface area contributed by atoms with Gasteiger partial charge in [0.15, 0.2) is 0 Å². The molecular formula is C14H20F3N3O2. The van der Waals surface area contributed by atoms with E-state index >= 15 is 0 Å². The SMILES string of the molecule is CCC[C@]1(CO)CCN(c2ccnc(C(F)(F)F)n2)C[C@@H]1O. The maximum absolute atomic E-state index is 12.7. The molecule has 2 heterocycles. The molecule has 1 fully saturated rings. The predicted octanol–water partition coefficient (Wildman–Crippen LogP) is 1.85. The Morgan fingerprint density at radius 2 is 2.18 bits per heavy atom. The van der Waals surface area contributed by atoms with Crippen molar-refractivity contribution < 1.29 is 23.4 Å². The molecule has 2 atom stereocenters. The first kappa shape index (κ1) is 17.0. The average Bonchev–Trinajstić information content (AvgIpc) is 2.49. The van der Waals surface area contributed by atoms with Gasteiger partial charge in [-0.3, -0.25) is 0 Å². The minimum Gasteiger partial charge on any atom is -0.396 e. The van der Waals surface area contributed by atoms with Crippen LogP contribution in [0.3, 0.4) is 0 Å². The van der Waals surface area contributed by atoms with Crippen LogP contribution in [-0.4, -0.2) is 46.0 Å². The van der Waals surface area contributed by atoms with Crippen molar-refractivity contribution in [3.8, 4) is 0 Å². The number of β-amino-alcohol motifs (C(OH)–C–C–N with tert-alkyl or cyclic N) is 1. The lowest BCUT2D eigenvalue weighted by Gasteiger charge is -2.45. The average molecular weight is 319 g/mol. The van der Waals surface area contributed by atoms with Gasteiger partial charge in [0.05, 0.1) is 12.7 Å². The Morgan fingerprint density at radius 1 is 1.45 bits per heavy atom. The number of hydrogen-bond acceptors (Lipinski definition) is 5. The van der Waals surface area contributed by atoms with Crippen molar-refractivity contribution in [3.63, 3.8) is 0 Å². The van der Waals surface area contributed by atoms with E-state index in [9.17, 15) is 23.4 Å². The number of aliphatic hydroxyl groups is 2. The monoisotopic (exact) mass is 319 g/mol. The second-order valence-electron chi connectivity index (χ2n) is 5.72. The lowest BCUT2D eigenvalue weighted by molar-refractivity contribution is -0.144. The molecular weight excluding hydrogens is 299 g/mol. The molecule has 1 aliphatic heterocycles. The van der Waals surface area contributed by atoms with Crippen molar-refractivity contribution in [1.82, 2.24) is 9.97 Å². The summed E-state index contributed by atoms with van der Waals surface area (Å²) in [5.41, 5.74) is -0.578. The molecule has 1 aromatic heterocycles. The molecule has 0 bridgehead atoms. The second kappa shape index (κ2) is 6.37. The first-order valence-electron chi connectivity index (χ1n) is 7.26. The van der Waals surface area contributed by atoms with Crippen LogP contribution in [0.15, 0.2) is 12.3 Å². The van der Waals surface area contributed by atoms with E-state index in [0.717, 1.165) is 12.6 Å². The fraction of sp³-hybridized carbons (Fsp3) is 0.714. The van der Waals surface area contributed by atoms with Crippen LogP contribution >= 0.6 is 0 Å². The van der Waals surface area contributed by atoms with Crippen LogP contribution < -0.4 is 4.90 Å². The van der Waals surface area contributed by atoms with Gasteiger partial charge in [-0.25, -0.2) is 9.97 Å².